The molecule has 1 heterocycles. The average Bonchev–Trinajstić information content (AvgIpc) is 2.84. The van der Waals surface area contributed by atoms with Gasteiger partial charge in [0.25, 0.3) is 5.91 Å². The molecule has 0 radical (unpaired) electrons. The lowest BCUT2D eigenvalue weighted by molar-refractivity contribution is 0.0951. The van der Waals surface area contributed by atoms with Gasteiger partial charge in [-0.1, -0.05) is 30.3 Å². The van der Waals surface area contributed by atoms with Crippen molar-refractivity contribution < 1.29 is 9.53 Å². The molecule has 0 aliphatic heterocycles. The molecule has 0 saturated carbocycles. The van der Waals surface area contributed by atoms with Crippen LogP contribution in [0.25, 0.3) is 10.9 Å². The summed E-state index contributed by atoms with van der Waals surface area (Å²) in [6.45, 7) is 2.46. The highest BCUT2D eigenvalue weighted by atomic mass is 79.9. The Labute approximate surface area is 161 Å². The number of amides is 1. The van der Waals surface area contributed by atoms with E-state index in [2.05, 4.69) is 21.2 Å². The third kappa shape index (κ3) is 3.67. The standard InChI is InChI=1S/C19H19BrN2O2.ClH/c1-12-18(19(23)21-11-13-7-5-4-6-8-13)14-9-17(24-3)15(20)10-16(14)22(12)2;/h4-10H,11H2,1-3H3,(H,21,23);1H. The predicted octanol–water partition coefficient (Wildman–Crippen LogP) is 4.61. The molecule has 25 heavy (non-hydrogen) atoms. The van der Waals surface area contributed by atoms with Gasteiger partial charge in [0, 0.05) is 24.7 Å². The molecular formula is C19H20BrClN2O2. The van der Waals surface area contributed by atoms with Crippen LogP contribution in [0.15, 0.2) is 46.9 Å². The molecule has 1 N–H and O–H groups in total. The Hall–Kier alpha value is -1.98. The van der Waals surface area contributed by atoms with Gasteiger partial charge in [-0.05, 0) is 40.5 Å². The lowest BCUT2D eigenvalue weighted by atomic mass is 10.1. The SMILES string of the molecule is COc1cc2c(C(=O)NCc3ccccc3)c(C)n(C)c2cc1Br.Cl. The van der Waals surface area contributed by atoms with E-state index >= 15 is 0 Å². The zero-order chi connectivity index (χ0) is 17.3. The maximum atomic E-state index is 12.8. The van der Waals surface area contributed by atoms with E-state index in [4.69, 9.17) is 4.74 Å². The molecule has 0 atom stereocenters. The fourth-order valence-electron chi connectivity index (χ4n) is 2.87. The average molecular weight is 424 g/mol. The van der Waals surface area contributed by atoms with Gasteiger partial charge in [0.1, 0.15) is 5.75 Å². The Bertz CT molecular complexity index is 907. The van der Waals surface area contributed by atoms with Crippen molar-refractivity contribution in [1.29, 1.82) is 0 Å². The smallest absolute Gasteiger partial charge is 0.254 e. The number of fused-ring (bicyclic) bond motifs is 1. The van der Waals surface area contributed by atoms with Crippen LogP contribution >= 0.6 is 28.3 Å². The van der Waals surface area contributed by atoms with Crippen LogP contribution in [0.4, 0.5) is 0 Å². The number of carbonyl (C=O) groups excluding carboxylic acids is 1. The number of aromatic nitrogens is 1. The zero-order valence-corrected chi connectivity index (χ0v) is 16.7. The highest BCUT2D eigenvalue weighted by Gasteiger charge is 2.20. The van der Waals surface area contributed by atoms with Gasteiger partial charge in [-0.3, -0.25) is 4.79 Å². The van der Waals surface area contributed by atoms with Crippen LogP contribution in [0.5, 0.6) is 5.75 Å². The van der Waals surface area contributed by atoms with Crippen LogP contribution in [0, 0.1) is 6.92 Å². The second-order valence-electron chi connectivity index (χ2n) is 5.69. The number of halogens is 2. The van der Waals surface area contributed by atoms with Gasteiger partial charge >= 0.3 is 0 Å². The van der Waals surface area contributed by atoms with Crippen LogP contribution in [0.3, 0.4) is 0 Å². The van der Waals surface area contributed by atoms with Gasteiger partial charge < -0.3 is 14.6 Å². The summed E-state index contributed by atoms with van der Waals surface area (Å²) in [5, 5.41) is 3.90. The Balaban J connectivity index is 0.00000225. The quantitative estimate of drug-likeness (QED) is 0.666. The second kappa shape index (κ2) is 7.93. The van der Waals surface area contributed by atoms with Gasteiger partial charge in [0.05, 0.1) is 22.7 Å². The van der Waals surface area contributed by atoms with Gasteiger partial charge in [-0.15, -0.1) is 12.4 Å². The molecule has 0 unspecified atom stereocenters. The van der Waals surface area contributed by atoms with Crippen LogP contribution < -0.4 is 10.1 Å². The number of carbonyl (C=O) groups is 1. The molecule has 0 fully saturated rings. The van der Waals surface area contributed by atoms with Crippen LogP contribution in [-0.4, -0.2) is 17.6 Å². The molecular weight excluding hydrogens is 404 g/mol. The fraction of sp³-hybridized carbons (Fsp3) is 0.211. The number of nitrogens with zero attached hydrogens (tertiary/aromatic N) is 1. The normalized spacial score (nSPS) is 10.4. The van der Waals surface area contributed by atoms with Crippen molar-refractivity contribution in [3.05, 3.63) is 63.8 Å². The molecule has 6 heteroatoms. The minimum absolute atomic E-state index is 0. The summed E-state index contributed by atoms with van der Waals surface area (Å²) in [5.41, 5.74) is 3.68. The number of ether oxygens (including phenoxy) is 1. The molecule has 132 valence electrons. The summed E-state index contributed by atoms with van der Waals surface area (Å²) in [4.78, 5) is 12.8. The second-order valence-corrected chi connectivity index (χ2v) is 6.55. The molecule has 0 aliphatic carbocycles. The predicted molar refractivity (Wildman–Crippen MR) is 107 cm³/mol. The molecule has 0 saturated heterocycles. The highest BCUT2D eigenvalue weighted by Crippen LogP contribution is 2.34. The van der Waals surface area contributed by atoms with E-state index in [9.17, 15) is 4.79 Å². The maximum Gasteiger partial charge on any atom is 0.254 e. The first-order chi connectivity index (χ1) is 11.5. The van der Waals surface area contributed by atoms with Crippen molar-refractivity contribution >= 4 is 45.1 Å². The molecule has 0 aliphatic rings. The summed E-state index contributed by atoms with van der Waals surface area (Å²) in [7, 11) is 3.58. The number of nitrogens with one attached hydrogen (secondary N) is 1. The van der Waals surface area contributed by atoms with E-state index < -0.39 is 0 Å². The first kappa shape index (κ1) is 19.3. The molecule has 1 aromatic heterocycles. The maximum absolute atomic E-state index is 12.8. The number of methoxy groups -OCH3 is 1. The number of hydrogen-bond donors (Lipinski definition) is 1. The number of benzene rings is 2. The molecule has 0 bridgehead atoms. The third-order valence-corrected chi connectivity index (χ3v) is 4.91. The van der Waals surface area contributed by atoms with E-state index in [0.717, 1.165) is 26.6 Å². The van der Waals surface area contributed by atoms with Crippen molar-refractivity contribution in [2.45, 2.75) is 13.5 Å². The van der Waals surface area contributed by atoms with E-state index in [1.54, 1.807) is 7.11 Å². The Morgan fingerprint density at radius 2 is 1.92 bits per heavy atom. The van der Waals surface area contributed by atoms with Gasteiger partial charge in [0.15, 0.2) is 0 Å². The van der Waals surface area contributed by atoms with Crippen molar-refractivity contribution in [2.75, 3.05) is 7.11 Å². The van der Waals surface area contributed by atoms with Crippen LogP contribution in [0.2, 0.25) is 0 Å². The molecule has 2 aromatic carbocycles. The summed E-state index contributed by atoms with van der Waals surface area (Å²) in [6.07, 6.45) is 0. The van der Waals surface area contributed by atoms with Gasteiger partial charge in [-0.25, -0.2) is 0 Å². The van der Waals surface area contributed by atoms with E-state index in [1.165, 1.54) is 0 Å². The topological polar surface area (TPSA) is 43.3 Å². The molecule has 4 nitrogen and oxygen atoms in total. The Morgan fingerprint density at radius 3 is 2.56 bits per heavy atom. The molecule has 0 spiro atoms. The third-order valence-electron chi connectivity index (χ3n) is 4.29. The summed E-state index contributed by atoms with van der Waals surface area (Å²) in [6, 6.07) is 13.8. The summed E-state index contributed by atoms with van der Waals surface area (Å²) in [5.74, 6) is 0.636. The largest absolute Gasteiger partial charge is 0.496 e. The van der Waals surface area contributed by atoms with Gasteiger partial charge in [0.2, 0.25) is 0 Å². The van der Waals surface area contributed by atoms with E-state index in [0.29, 0.717) is 17.9 Å². The Kier molecular flexibility index (Phi) is 6.14. The molecule has 3 rings (SSSR count). The minimum atomic E-state index is -0.0775. The lowest BCUT2D eigenvalue weighted by Gasteiger charge is -2.07. The number of aryl methyl sites for hydroxylation is 1. The van der Waals surface area contributed by atoms with Crippen molar-refractivity contribution in [3.8, 4) is 5.75 Å². The summed E-state index contributed by atoms with van der Waals surface area (Å²) >= 11 is 3.51. The molecule has 3 aromatic rings. The number of hydrogen-bond acceptors (Lipinski definition) is 2. The minimum Gasteiger partial charge on any atom is -0.496 e. The zero-order valence-electron chi connectivity index (χ0n) is 14.3. The van der Waals surface area contributed by atoms with Crippen molar-refractivity contribution in [3.63, 3.8) is 0 Å². The summed E-state index contributed by atoms with van der Waals surface area (Å²) < 4.78 is 8.27. The fourth-order valence-corrected chi connectivity index (χ4v) is 3.37. The monoisotopic (exact) mass is 422 g/mol. The van der Waals surface area contributed by atoms with Crippen molar-refractivity contribution in [2.24, 2.45) is 7.05 Å². The first-order valence-corrected chi connectivity index (χ1v) is 8.47. The van der Waals surface area contributed by atoms with Gasteiger partial charge in [-0.2, -0.15) is 0 Å². The van der Waals surface area contributed by atoms with E-state index in [-0.39, 0.29) is 18.3 Å². The van der Waals surface area contributed by atoms with Crippen LogP contribution in [-0.2, 0) is 13.6 Å². The van der Waals surface area contributed by atoms with Crippen LogP contribution in [0.1, 0.15) is 21.6 Å². The number of rotatable bonds is 4. The van der Waals surface area contributed by atoms with E-state index in [1.807, 2.05) is 61.0 Å². The first-order valence-electron chi connectivity index (χ1n) is 7.67. The molecule has 1 amide bonds. The van der Waals surface area contributed by atoms with Crippen molar-refractivity contribution in [1.82, 2.24) is 9.88 Å². The lowest BCUT2D eigenvalue weighted by Crippen LogP contribution is -2.23. The Morgan fingerprint density at radius 1 is 1.24 bits per heavy atom. The highest BCUT2D eigenvalue weighted by molar-refractivity contribution is 9.10.